The van der Waals surface area contributed by atoms with Gasteiger partial charge in [0.2, 0.25) is 11.9 Å². The van der Waals surface area contributed by atoms with Crippen molar-refractivity contribution in [1.82, 2.24) is 30.0 Å². The van der Waals surface area contributed by atoms with Gasteiger partial charge in [-0.15, -0.1) is 5.10 Å². The second-order valence-electron chi connectivity index (χ2n) is 7.81. The summed E-state index contributed by atoms with van der Waals surface area (Å²) in [6.07, 6.45) is 6.29. The fraction of sp³-hybridized carbons (Fsp3) is 0.273. The summed E-state index contributed by atoms with van der Waals surface area (Å²) in [5.41, 5.74) is 2.57. The van der Waals surface area contributed by atoms with Crippen LogP contribution in [0.4, 0.5) is 21.7 Å². The fourth-order valence-electron chi connectivity index (χ4n) is 4.02. The number of halogens is 1. The molecule has 170 valence electrons. The Balaban J connectivity index is 1.47. The molecule has 4 aromatic rings. The van der Waals surface area contributed by atoms with E-state index < -0.39 is 5.82 Å². The van der Waals surface area contributed by atoms with Gasteiger partial charge in [-0.05, 0) is 25.5 Å². The third-order valence-electron chi connectivity index (χ3n) is 5.58. The number of methoxy groups -OCH3 is 1. The number of carbonyl (C=O) groups excluding carboxylic acids is 1. The van der Waals surface area contributed by atoms with Crippen LogP contribution in [0.2, 0.25) is 0 Å². The molecule has 0 saturated carbocycles. The van der Waals surface area contributed by atoms with Crippen LogP contribution in [-0.2, 0) is 11.8 Å². The highest BCUT2D eigenvalue weighted by Crippen LogP contribution is 2.34. The minimum Gasteiger partial charge on any atom is -0.478 e. The average Bonchev–Trinajstić information content (AvgIpc) is 3.55. The van der Waals surface area contributed by atoms with Crippen molar-refractivity contribution in [2.24, 2.45) is 7.05 Å². The van der Waals surface area contributed by atoms with E-state index in [0.29, 0.717) is 28.3 Å². The molecule has 10 nitrogen and oxygen atoms in total. The molecule has 1 unspecified atom stereocenters. The maximum Gasteiger partial charge on any atom is 0.256 e. The molecule has 11 heteroatoms. The van der Waals surface area contributed by atoms with Crippen molar-refractivity contribution < 1.29 is 13.9 Å². The third kappa shape index (κ3) is 3.98. The number of para-hydroxylation sites is 1. The molecule has 3 aromatic heterocycles. The number of aromatic nitrogens is 5. The monoisotopic (exact) mass is 450 g/mol. The molecule has 5 rings (SSSR count). The Morgan fingerprint density at radius 1 is 1.33 bits per heavy atom. The van der Waals surface area contributed by atoms with Gasteiger partial charge >= 0.3 is 0 Å². The number of aryl methyl sites for hydroxylation is 1. The van der Waals surface area contributed by atoms with Crippen LogP contribution in [-0.4, -0.2) is 50.3 Å². The highest BCUT2D eigenvalue weighted by Gasteiger charge is 2.23. The maximum absolute atomic E-state index is 14.8. The summed E-state index contributed by atoms with van der Waals surface area (Å²) in [5.74, 6) is -0.0783. The van der Waals surface area contributed by atoms with Gasteiger partial charge in [-0.2, -0.15) is 0 Å². The Morgan fingerprint density at radius 3 is 3.00 bits per heavy atom. The Kier molecular flexibility index (Phi) is 5.38. The van der Waals surface area contributed by atoms with Crippen LogP contribution in [0.15, 0.2) is 36.8 Å². The number of carbonyl (C=O) groups is 1. The largest absolute Gasteiger partial charge is 0.478 e. The molecule has 0 aliphatic carbocycles. The molecule has 4 N–H and O–H groups in total. The van der Waals surface area contributed by atoms with E-state index in [2.05, 4.69) is 36.0 Å². The summed E-state index contributed by atoms with van der Waals surface area (Å²) in [5, 5.41) is 14.1. The molecular weight excluding hydrogens is 427 g/mol. The zero-order valence-electron chi connectivity index (χ0n) is 18.1. The van der Waals surface area contributed by atoms with Crippen LogP contribution < -0.4 is 20.7 Å². The van der Waals surface area contributed by atoms with E-state index in [0.717, 1.165) is 31.0 Å². The van der Waals surface area contributed by atoms with Crippen molar-refractivity contribution in [2.45, 2.75) is 18.9 Å². The Morgan fingerprint density at radius 2 is 2.21 bits per heavy atom. The van der Waals surface area contributed by atoms with E-state index in [9.17, 15) is 9.18 Å². The van der Waals surface area contributed by atoms with Gasteiger partial charge in [0.05, 0.1) is 36.7 Å². The number of fused-ring (bicyclic) bond motifs is 1. The van der Waals surface area contributed by atoms with Gasteiger partial charge < -0.3 is 25.7 Å². The summed E-state index contributed by atoms with van der Waals surface area (Å²) in [6, 6.07) is 5.28. The molecule has 0 radical (unpaired) electrons. The maximum atomic E-state index is 14.8. The lowest BCUT2D eigenvalue weighted by atomic mass is 10.1. The summed E-state index contributed by atoms with van der Waals surface area (Å²) >= 11 is 0. The van der Waals surface area contributed by atoms with Crippen molar-refractivity contribution in [3.8, 4) is 17.1 Å². The standard InChI is InChI=1S/C22H23FN8O2/c1-31-11-17(21(30-31)33-2)28-22-26-10-14(23)18(29-22)13-9-25-19-12(13)5-3-6-15(19)27-20(32)16-7-4-8-24-16/h3,5-6,9-11,16,24-25H,4,7-8H2,1-2H3,(H,27,32)(H,26,28,29). The Labute approximate surface area is 188 Å². The Hall–Kier alpha value is -3.99. The smallest absolute Gasteiger partial charge is 0.256 e. The first-order chi connectivity index (χ1) is 16.0. The quantitative estimate of drug-likeness (QED) is 0.356. The molecule has 1 atom stereocenters. The van der Waals surface area contributed by atoms with Crippen molar-refractivity contribution in [3.63, 3.8) is 0 Å². The fourth-order valence-corrected chi connectivity index (χ4v) is 4.02. The molecule has 1 amide bonds. The third-order valence-corrected chi connectivity index (χ3v) is 5.58. The second kappa shape index (κ2) is 8.51. The number of nitrogens with zero attached hydrogens (tertiary/aromatic N) is 4. The topological polar surface area (TPSA) is 122 Å². The van der Waals surface area contributed by atoms with E-state index in [1.165, 1.54) is 7.11 Å². The number of amides is 1. The van der Waals surface area contributed by atoms with Crippen molar-refractivity contribution >= 4 is 34.1 Å². The van der Waals surface area contributed by atoms with Gasteiger partial charge in [0.25, 0.3) is 5.88 Å². The second-order valence-corrected chi connectivity index (χ2v) is 7.81. The summed E-state index contributed by atoms with van der Waals surface area (Å²) in [4.78, 5) is 24.2. The lowest BCUT2D eigenvalue weighted by Crippen LogP contribution is -2.35. The number of aromatic amines is 1. The number of rotatable bonds is 6. The first-order valence-electron chi connectivity index (χ1n) is 10.6. The van der Waals surface area contributed by atoms with Gasteiger partial charge in [-0.25, -0.2) is 14.4 Å². The summed E-state index contributed by atoms with van der Waals surface area (Å²) in [6.45, 7) is 0.837. The molecule has 1 aliphatic rings. The molecule has 4 heterocycles. The summed E-state index contributed by atoms with van der Waals surface area (Å²) in [7, 11) is 3.27. The molecule has 0 spiro atoms. The molecular formula is C22H23FN8O2. The molecule has 1 aromatic carbocycles. The molecule has 0 bridgehead atoms. The van der Waals surface area contributed by atoms with Gasteiger partial charge in [0.1, 0.15) is 11.4 Å². The first-order valence-corrected chi connectivity index (χ1v) is 10.6. The van der Waals surface area contributed by atoms with Gasteiger partial charge in [-0.1, -0.05) is 12.1 Å². The SMILES string of the molecule is COc1nn(C)cc1Nc1ncc(F)c(-c2c[nH]c3c(NC(=O)C4CCCN4)cccc23)n1. The predicted molar refractivity (Wildman–Crippen MR) is 122 cm³/mol. The average molecular weight is 450 g/mol. The predicted octanol–water partition coefficient (Wildman–Crippen LogP) is 2.94. The van der Waals surface area contributed by atoms with Crippen LogP contribution in [0.25, 0.3) is 22.2 Å². The number of H-pyrrole nitrogens is 1. The van der Waals surface area contributed by atoms with Crippen molar-refractivity contribution in [2.75, 3.05) is 24.3 Å². The number of benzene rings is 1. The van der Waals surface area contributed by atoms with Crippen molar-refractivity contribution in [3.05, 3.63) is 42.6 Å². The van der Waals surface area contributed by atoms with Crippen LogP contribution in [0.3, 0.4) is 0 Å². The van der Waals surface area contributed by atoms with E-state index in [1.54, 1.807) is 24.1 Å². The Bertz CT molecular complexity index is 1330. The molecule has 33 heavy (non-hydrogen) atoms. The number of ether oxygens (including phenoxy) is 1. The van der Waals surface area contributed by atoms with Gasteiger partial charge in [0.15, 0.2) is 5.82 Å². The minimum atomic E-state index is -0.566. The lowest BCUT2D eigenvalue weighted by molar-refractivity contribution is -0.117. The number of nitrogens with one attached hydrogen (secondary N) is 4. The first kappa shape index (κ1) is 20.9. The number of anilines is 3. The van der Waals surface area contributed by atoms with Gasteiger partial charge in [-0.3, -0.25) is 9.48 Å². The number of hydrogen-bond donors (Lipinski definition) is 4. The lowest BCUT2D eigenvalue weighted by Gasteiger charge is -2.12. The highest BCUT2D eigenvalue weighted by atomic mass is 19.1. The number of hydrogen-bond acceptors (Lipinski definition) is 7. The van der Waals surface area contributed by atoms with Crippen LogP contribution >= 0.6 is 0 Å². The van der Waals surface area contributed by atoms with Crippen LogP contribution in [0.1, 0.15) is 12.8 Å². The highest BCUT2D eigenvalue weighted by molar-refractivity contribution is 6.06. The van der Waals surface area contributed by atoms with Crippen molar-refractivity contribution in [1.29, 1.82) is 0 Å². The van der Waals surface area contributed by atoms with E-state index >= 15 is 0 Å². The normalized spacial score (nSPS) is 15.7. The molecule has 1 aliphatic heterocycles. The zero-order valence-corrected chi connectivity index (χ0v) is 18.1. The summed E-state index contributed by atoms with van der Waals surface area (Å²) < 4.78 is 21.6. The van der Waals surface area contributed by atoms with Crippen LogP contribution in [0, 0.1) is 5.82 Å². The van der Waals surface area contributed by atoms with E-state index in [1.807, 2.05) is 18.2 Å². The minimum absolute atomic E-state index is 0.0822. The van der Waals surface area contributed by atoms with E-state index in [4.69, 9.17) is 4.74 Å². The van der Waals surface area contributed by atoms with Gasteiger partial charge in [0, 0.05) is 24.2 Å². The van der Waals surface area contributed by atoms with Crippen LogP contribution in [0.5, 0.6) is 5.88 Å². The molecule has 1 saturated heterocycles. The molecule has 1 fully saturated rings. The van der Waals surface area contributed by atoms with E-state index in [-0.39, 0.29) is 23.6 Å². The zero-order chi connectivity index (χ0) is 22.9.